The van der Waals surface area contributed by atoms with Gasteiger partial charge in [-0.25, -0.2) is 0 Å². The van der Waals surface area contributed by atoms with E-state index in [0.29, 0.717) is 0 Å². The Bertz CT molecular complexity index is 1240. The second kappa shape index (κ2) is 11.2. The van der Waals surface area contributed by atoms with E-state index in [0.717, 1.165) is 15.8 Å². The number of aromatic nitrogens is 2. The highest BCUT2D eigenvalue weighted by Gasteiger charge is 2.45. The van der Waals surface area contributed by atoms with Gasteiger partial charge in [0.15, 0.2) is 11.5 Å². The molecule has 1 amide bonds. The number of Topliss-reactive ketones (excluding diaryl/α,β-unsaturated/α-hetero) is 1. The van der Waals surface area contributed by atoms with Crippen LogP contribution >= 0.6 is 11.6 Å². The number of carbonyl (C=O) groups excluding carboxylic acids is 2. The number of benzene rings is 1. The van der Waals surface area contributed by atoms with Gasteiger partial charge in [-0.2, -0.15) is 18.3 Å². The molecule has 0 aliphatic heterocycles. The highest BCUT2D eigenvalue weighted by atomic mass is 35.5. The zero-order valence-corrected chi connectivity index (χ0v) is 23.3. The molecule has 1 aliphatic carbocycles. The molecule has 0 atom stereocenters. The SMILES string of the molecule is COc1cccc(Cl)c1C(=O)CN(CC(C)(C)C)C(=O)c1cnn([C@H]2CC[C@](C)(C(=O)O)CC2)c1C(F)(F)F. The molecule has 1 fully saturated rings. The summed E-state index contributed by atoms with van der Waals surface area (Å²) in [4.78, 5) is 39.6. The molecule has 3 rings (SSSR count). The first kappa shape index (κ1) is 30.5. The van der Waals surface area contributed by atoms with Gasteiger partial charge in [-0.15, -0.1) is 0 Å². The highest BCUT2D eigenvalue weighted by Crippen LogP contribution is 2.43. The van der Waals surface area contributed by atoms with Crippen molar-refractivity contribution in [1.82, 2.24) is 14.7 Å². The molecule has 8 nitrogen and oxygen atoms in total. The van der Waals surface area contributed by atoms with Gasteiger partial charge in [0.25, 0.3) is 5.91 Å². The van der Waals surface area contributed by atoms with Crippen molar-refractivity contribution in [2.24, 2.45) is 10.8 Å². The number of hydrogen-bond acceptors (Lipinski definition) is 5. The Morgan fingerprint density at radius 3 is 2.33 bits per heavy atom. The first-order chi connectivity index (χ1) is 18.0. The number of alkyl halides is 3. The number of halogens is 4. The molecule has 0 unspecified atom stereocenters. The Labute approximate surface area is 230 Å². The molecule has 12 heteroatoms. The fourth-order valence-electron chi connectivity index (χ4n) is 4.92. The van der Waals surface area contributed by atoms with E-state index >= 15 is 0 Å². The lowest BCUT2D eigenvalue weighted by atomic mass is 9.74. The van der Waals surface area contributed by atoms with Crippen LogP contribution in [0.3, 0.4) is 0 Å². The molecule has 0 radical (unpaired) electrons. The lowest BCUT2D eigenvalue weighted by Gasteiger charge is -2.34. The maximum atomic E-state index is 14.4. The van der Waals surface area contributed by atoms with E-state index in [2.05, 4.69) is 5.10 Å². The average Bonchev–Trinajstić information content (AvgIpc) is 3.28. The van der Waals surface area contributed by atoms with Crippen molar-refractivity contribution in [2.45, 2.75) is 65.6 Å². The molecule has 1 aromatic heterocycles. The topological polar surface area (TPSA) is 102 Å². The number of amides is 1. The third-order valence-electron chi connectivity index (χ3n) is 6.98. The summed E-state index contributed by atoms with van der Waals surface area (Å²) in [6.45, 7) is 6.41. The summed E-state index contributed by atoms with van der Waals surface area (Å²) < 4.78 is 49.2. The normalized spacial score (nSPS) is 20.0. The highest BCUT2D eigenvalue weighted by molar-refractivity contribution is 6.34. The van der Waals surface area contributed by atoms with Crippen LogP contribution in [0.1, 0.15) is 85.8 Å². The molecule has 39 heavy (non-hydrogen) atoms. The second-order valence-corrected chi connectivity index (χ2v) is 11.8. The maximum Gasteiger partial charge on any atom is 0.433 e. The first-order valence-electron chi connectivity index (χ1n) is 12.5. The van der Waals surface area contributed by atoms with E-state index < -0.39 is 58.5 Å². The number of aliphatic carboxylic acids is 1. The van der Waals surface area contributed by atoms with Crippen molar-refractivity contribution >= 4 is 29.3 Å². The van der Waals surface area contributed by atoms with Gasteiger partial charge in [-0.3, -0.25) is 19.1 Å². The van der Waals surface area contributed by atoms with E-state index in [1.54, 1.807) is 33.8 Å². The van der Waals surface area contributed by atoms with Gasteiger partial charge in [-0.05, 0) is 50.2 Å². The van der Waals surface area contributed by atoms with E-state index in [9.17, 15) is 32.7 Å². The van der Waals surface area contributed by atoms with Gasteiger partial charge >= 0.3 is 12.1 Å². The number of carboxylic acids is 1. The van der Waals surface area contributed by atoms with Crippen LogP contribution in [0.5, 0.6) is 5.75 Å². The van der Waals surface area contributed by atoms with Crippen LogP contribution in [-0.4, -0.2) is 57.6 Å². The number of carboxylic acid groups (broad SMARTS) is 1. The van der Waals surface area contributed by atoms with Crippen molar-refractivity contribution in [3.05, 3.63) is 46.2 Å². The molecule has 1 N–H and O–H groups in total. The predicted molar refractivity (Wildman–Crippen MR) is 138 cm³/mol. The minimum absolute atomic E-state index is 0.0206. The Hall–Kier alpha value is -3.08. The van der Waals surface area contributed by atoms with Crippen LogP contribution in [0.4, 0.5) is 13.2 Å². The summed E-state index contributed by atoms with van der Waals surface area (Å²) in [5, 5.41) is 13.5. The number of ketones is 1. The molecule has 2 aromatic rings. The van der Waals surface area contributed by atoms with Crippen LogP contribution in [0, 0.1) is 10.8 Å². The number of nitrogens with zero attached hydrogens (tertiary/aromatic N) is 3. The molecule has 1 aromatic carbocycles. The summed E-state index contributed by atoms with van der Waals surface area (Å²) >= 11 is 6.23. The summed E-state index contributed by atoms with van der Waals surface area (Å²) in [6, 6.07) is 3.88. The van der Waals surface area contributed by atoms with Crippen molar-refractivity contribution < 1.29 is 37.4 Å². The molecule has 214 valence electrons. The minimum atomic E-state index is -4.92. The van der Waals surface area contributed by atoms with Crippen LogP contribution < -0.4 is 4.74 Å². The maximum absolute atomic E-state index is 14.4. The summed E-state index contributed by atoms with van der Waals surface area (Å²) in [5.41, 5.74) is -3.43. The molecule has 1 heterocycles. The summed E-state index contributed by atoms with van der Waals surface area (Å²) in [7, 11) is 1.36. The van der Waals surface area contributed by atoms with Gasteiger partial charge < -0.3 is 14.7 Å². The molecule has 0 bridgehead atoms. The van der Waals surface area contributed by atoms with E-state index in [1.165, 1.54) is 19.2 Å². The van der Waals surface area contributed by atoms with Gasteiger partial charge in [0, 0.05) is 6.54 Å². The van der Waals surface area contributed by atoms with Gasteiger partial charge in [0.2, 0.25) is 0 Å². The number of ether oxygens (including phenoxy) is 1. The fourth-order valence-corrected chi connectivity index (χ4v) is 5.19. The van der Waals surface area contributed by atoms with Gasteiger partial charge in [0.1, 0.15) is 5.75 Å². The van der Waals surface area contributed by atoms with Gasteiger partial charge in [0.05, 0.1) is 47.5 Å². The number of rotatable bonds is 8. The Morgan fingerprint density at radius 1 is 1.21 bits per heavy atom. The molecule has 1 aliphatic rings. The molecular formula is C27H33ClF3N3O5. The third kappa shape index (κ3) is 6.74. The van der Waals surface area contributed by atoms with Crippen molar-refractivity contribution in [2.75, 3.05) is 20.2 Å². The zero-order valence-electron chi connectivity index (χ0n) is 22.6. The number of methoxy groups -OCH3 is 1. The smallest absolute Gasteiger partial charge is 0.433 e. The predicted octanol–water partition coefficient (Wildman–Crippen LogP) is 6.14. The Kier molecular flexibility index (Phi) is 8.74. The van der Waals surface area contributed by atoms with Crippen LogP contribution in [0.15, 0.2) is 24.4 Å². The van der Waals surface area contributed by atoms with E-state index in [4.69, 9.17) is 16.3 Å². The summed E-state index contributed by atoms with van der Waals surface area (Å²) in [6.07, 6.45) is -3.35. The number of hydrogen-bond donors (Lipinski definition) is 1. The second-order valence-electron chi connectivity index (χ2n) is 11.4. The molecule has 0 spiro atoms. The third-order valence-corrected chi connectivity index (χ3v) is 7.29. The monoisotopic (exact) mass is 571 g/mol. The molecule has 0 saturated heterocycles. The standard InChI is InChI=1S/C27H33ClF3N3O5/c1-25(2,3)15-33(14-19(35)21-18(28)7-6-8-20(21)39-5)23(36)17-13-32-34(22(17)27(29,30)31)16-9-11-26(4,12-10-16)24(37)38/h6-8,13,16H,9-12,14-15H2,1-5H3,(H,37,38)/t16-,26-. The van der Waals surface area contributed by atoms with E-state index in [-0.39, 0.29) is 48.6 Å². The largest absolute Gasteiger partial charge is 0.496 e. The lowest BCUT2D eigenvalue weighted by Crippen LogP contribution is -2.42. The first-order valence-corrected chi connectivity index (χ1v) is 12.9. The van der Waals surface area contributed by atoms with Gasteiger partial charge in [-0.1, -0.05) is 38.4 Å². The number of carbonyl (C=O) groups is 3. The average molecular weight is 572 g/mol. The lowest BCUT2D eigenvalue weighted by molar-refractivity contribution is -0.152. The minimum Gasteiger partial charge on any atom is -0.496 e. The fraction of sp³-hybridized carbons (Fsp3) is 0.556. The zero-order chi connectivity index (χ0) is 29.3. The molecular weight excluding hydrogens is 539 g/mol. The Morgan fingerprint density at radius 2 is 1.82 bits per heavy atom. The Balaban J connectivity index is 1.99. The van der Waals surface area contributed by atoms with Crippen molar-refractivity contribution in [3.8, 4) is 5.75 Å². The van der Waals surface area contributed by atoms with Crippen LogP contribution in [-0.2, 0) is 11.0 Å². The van der Waals surface area contributed by atoms with Crippen LogP contribution in [0.2, 0.25) is 5.02 Å². The quantitative estimate of drug-likeness (QED) is 0.382. The summed E-state index contributed by atoms with van der Waals surface area (Å²) in [5.74, 6) is -2.39. The van der Waals surface area contributed by atoms with Crippen molar-refractivity contribution in [3.63, 3.8) is 0 Å². The molecule has 1 saturated carbocycles. The van der Waals surface area contributed by atoms with E-state index in [1.807, 2.05) is 0 Å². The van der Waals surface area contributed by atoms with Crippen molar-refractivity contribution in [1.29, 1.82) is 0 Å². The van der Waals surface area contributed by atoms with Crippen LogP contribution in [0.25, 0.3) is 0 Å².